The van der Waals surface area contributed by atoms with Gasteiger partial charge in [-0.3, -0.25) is 0 Å². The summed E-state index contributed by atoms with van der Waals surface area (Å²) in [6.07, 6.45) is 8.94. The molecule has 24 heavy (non-hydrogen) atoms. The zero-order chi connectivity index (χ0) is 15.9. The first kappa shape index (κ1) is 13.3. The second-order valence-corrected chi connectivity index (χ2v) is 6.25. The van der Waals surface area contributed by atoms with Gasteiger partial charge < -0.3 is 0 Å². The Morgan fingerprint density at radius 1 is 0.333 bits per heavy atom. The first-order chi connectivity index (χ1) is 11.9. The van der Waals surface area contributed by atoms with Crippen molar-refractivity contribution in [1.29, 1.82) is 0 Å². The smallest absolute Gasteiger partial charge is 0.00987 e. The van der Waals surface area contributed by atoms with Crippen molar-refractivity contribution >= 4 is 45.8 Å². The second-order valence-electron chi connectivity index (χ2n) is 6.25. The van der Waals surface area contributed by atoms with Crippen molar-refractivity contribution in [2.75, 3.05) is 0 Å². The van der Waals surface area contributed by atoms with Gasteiger partial charge in [-0.05, 0) is 42.4 Å². The fourth-order valence-corrected chi connectivity index (χ4v) is 3.63. The highest BCUT2D eigenvalue weighted by Crippen LogP contribution is 2.13. The minimum absolute atomic E-state index is 1.23. The molecule has 4 aromatic rings. The van der Waals surface area contributed by atoms with Crippen LogP contribution in [-0.2, 0) is 0 Å². The summed E-state index contributed by atoms with van der Waals surface area (Å²) < 4.78 is 0. The van der Waals surface area contributed by atoms with Gasteiger partial charge in [-0.1, -0.05) is 97.1 Å². The number of hydrogen-bond acceptors (Lipinski definition) is 0. The lowest BCUT2D eigenvalue weighted by atomic mass is 9.96. The summed E-state index contributed by atoms with van der Waals surface area (Å²) >= 11 is 0. The summed E-state index contributed by atoms with van der Waals surface area (Å²) in [7, 11) is 0. The Morgan fingerprint density at radius 2 is 0.667 bits per heavy atom. The van der Waals surface area contributed by atoms with Gasteiger partial charge in [-0.15, -0.1) is 0 Å². The van der Waals surface area contributed by atoms with Crippen LogP contribution in [0.4, 0.5) is 0 Å². The summed E-state index contributed by atoms with van der Waals surface area (Å²) in [5, 5.41) is 10.3. The Labute approximate surface area is 140 Å². The molecule has 4 bridgehead atoms. The van der Waals surface area contributed by atoms with Crippen LogP contribution in [0, 0.1) is 0 Å². The highest BCUT2D eigenvalue weighted by molar-refractivity contribution is 6.02. The molecule has 0 aliphatic heterocycles. The molecule has 0 heteroatoms. The van der Waals surface area contributed by atoms with Crippen LogP contribution in [0.1, 0.15) is 0 Å². The van der Waals surface area contributed by atoms with E-state index in [0.717, 1.165) is 0 Å². The van der Waals surface area contributed by atoms with Gasteiger partial charge in [-0.25, -0.2) is 0 Å². The van der Waals surface area contributed by atoms with Crippen molar-refractivity contribution in [2.24, 2.45) is 0 Å². The average Bonchev–Trinajstić information content (AvgIpc) is 2.63. The standard InChI is InChI=1S/C24H16/c1-2-6-20-19(5-1)23-15-13-17-9-11-18(12-10-17)14-16-24(20)22-8-4-3-7-21(22)23/h1-16H. The van der Waals surface area contributed by atoms with Crippen LogP contribution in [0.5, 0.6) is 0 Å². The highest BCUT2D eigenvalue weighted by atomic mass is 14.1. The maximum Gasteiger partial charge on any atom is -0.00987 e. The fraction of sp³-hybridized carbons (Fsp3) is 0. The van der Waals surface area contributed by atoms with Crippen molar-refractivity contribution in [2.45, 2.75) is 0 Å². The van der Waals surface area contributed by atoms with Crippen molar-refractivity contribution in [3.05, 3.63) is 93.7 Å². The Kier molecular flexibility index (Phi) is 2.89. The Hall–Kier alpha value is -3.12. The minimum atomic E-state index is 1.23. The van der Waals surface area contributed by atoms with Gasteiger partial charge in [0, 0.05) is 0 Å². The van der Waals surface area contributed by atoms with E-state index in [2.05, 4.69) is 97.1 Å². The predicted molar refractivity (Wildman–Crippen MR) is 104 cm³/mol. The molecule has 0 saturated heterocycles. The monoisotopic (exact) mass is 304 g/mol. The molecule has 4 aliphatic rings. The van der Waals surface area contributed by atoms with Crippen LogP contribution in [0.15, 0.2) is 72.8 Å². The van der Waals surface area contributed by atoms with E-state index in [1.807, 2.05) is 0 Å². The lowest BCUT2D eigenvalue weighted by Gasteiger charge is -2.07. The molecule has 112 valence electrons. The molecular formula is C24H16. The molecule has 4 aromatic carbocycles. The van der Waals surface area contributed by atoms with Crippen LogP contribution >= 0.6 is 0 Å². The molecule has 0 heterocycles. The van der Waals surface area contributed by atoms with Crippen LogP contribution in [0.3, 0.4) is 0 Å². The third kappa shape index (κ3) is 2.00. The summed E-state index contributed by atoms with van der Waals surface area (Å²) in [6, 6.07) is 26.1. The molecule has 0 amide bonds. The third-order valence-electron chi connectivity index (χ3n) is 4.84. The van der Waals surface area contributed by atoms with Crippen molar-refractivity contribution in [1.82, 2.24) is 0 Å². The quantitative estimate of drug-likeness (QED) is 0.438. The molecule has 0 atom stereocenters. The van der Waals surface area contributed by atoms with E-state index in [-0.39, 0.29) is 0 Å². The van der Waals surface area contributed by atoms with Crippen molar-refractivity contribution in [3.8, 4) is 0 Å². The number of benzene rings is 4. The van der Waals surface area contributed by atoms with E-state index < -0.39 is 0 Å². The van der Waals surface area contributed by atoms with E-state index >= 15 is 0 Å². The summed E-state index contributed by atoms with van der Waals surface area (Å²) in [6.45, 7) is 0. The molecule has 0 aromatic heterocycles. The summed E-state index contributed by atoms with van der Waals surface area (Å²) in [5.41, 5.74) is 0. The maximum absolute atomic E-state index is 2.26. The van der Waals surface area contributed by atoms with Gasteiger partial charge in [0.1, 0.15) is 0 Å². The molecule has 0 radical (unpaired) electrons. The minimum Gasteiger partial charge on any atom is -0.0616 e. The first-order valence-corrected chi connectivity index (χ1v) is 8.30. The van der Waals surface area contributed by atoms with Crippen molar-refractivity contribution in [3.63, 3.8) is 0 Å². The molecule has 0 spiro atoms. The van der Waals surface area contributed by atoms with E-state index in [1.165, 1.54) is 42.4 Å². The van der Waals surface area contributed by atoms with Gasteiger partial charge >= 0.3 is 0 Å². The van der Waals surface area contributed by atoms with Crippen LogP contribution < -0.4 is 20.9 Å². The third-order valence-corrected chi connectivity index (χ3v) is 4.84. The Bertz CT molecular complexity index is 1150. The summed E-state index contributed by atoms with van der Waals surface area (Å²) in [4.78, 5) is 0. The second kappa shape index (κ2) is 5.21. The molecule has 0 nitrogen and oxygen atoms in total. The fourth-order valence-electron chi connectivity index (χ4n) is 3.63. The van der Waals surface area contributed by atoms with Crippen LogP contribution in [0.25, 0.3) is 45.8 Å². The van der Waals surface area contributed by atoms with E-state index in [9.17, 15) is 0 Å². The number of rotatable bonds is 0. The molecule has 8 rings (SSSR count). The van der Waals surface area contributed by atoms with Gasteiger partial charge in [0.05, 0.1) is 0 Å². The summed E-state index contributed by atoms with van der Waals surface area (Å²) in [5.74, 6) is 0. The molecule has 0 N–H and O–H groups in total. The van der Waals surface area contributed by atoms with Gasteiger partial charge in [0.15, 0.2) is 0 Å². The zero-order valence-corrected chi connectivity index (χ0v) is 13.2. The average molecular weight is 304 g/mol. The number of hydrogen-bond donors (Lipinski definition) is 0. The largest absolute Gasteiger partial charge is 0.0616 e. The van der Waals surface area contributed by atoms with E-state index in [4.69, 9.17) is 0 Å². The lowest BCUT2D eigenvalue weighted by Crippen LogP contribution is -2.16. The molecule has 0 unspecified atom stereocenters. The SMILES string of the molecule is C1=c2ccc(cc2)=CC=c2c3ccccc3c(c3ccccc23)=C1. The molecule has 0 fully saturated rings. The Morgan fingerprint density at radius 3 is 1.00 bits per heavy atom. The normalized spacial score (nSPS) is 12.7. The predicted octanol–water partition coefficient (Wildman–Crippen LogP) is 2.83. The Balaban J connectivity index is 2.20. The zero-order valence-electron chi connectivity index (χ0n) is 13.2. The van der Waals surface area contributed by atoms with Gasteiger partial charge in [-0.2, -0.15) is 0 Å². The topological polar surface area (TPSA) is 0 Å². The molecule has 0 saturated carbocycles. The van der Waals surface area contributed by atoms with E-state index in [0.29, 0.717) is 0 Å². The van der Waals surface area contributed by atoms with Crippen LogP contribution in [0.2, 0.25) is 0 Å². The van der Waals surface area contributed by atoms with Gasteiger partial charge in [0.25, 0.3) is 0 Å². The van der Waals surface area contributed by atoms with Crippen molar-refractivity contribution < 1.29 is 0 Å². The van der Waals surface area contributed by atoms with E-state index in [1.54, 1.807) is 0 Å². The molecular weight excluding hydrogens is 288 g/mol. The first-order valence-electron chi connectivity index (χ1n) is 8.30. The molecule has 4 aliphatic carbocycles. The maximum atomic E-state index is 2.26. The van der Waals surface area contributed by atoms with Crippen LogP contribution in [-0.4, -0.2) is 0 Å². The lowest BCUT2D eigenvalue weighted by molar-refractivity contribution is 1.55. The highest BCUT2D eigenvalue weighted by Gasteiger charge is 2.04. The van der Waals surface area contributed by atoms with Gasteiger partial charge in [0.2, 0.25) is 0 Å².